The molecule has 1 heterocycles. The summed E-state index contributed by atoms with van der Waals surface area (Å²) in [7, 11) is 0. The summed E-state index contributed by atoms with van der Waals surface area (Å²) in [4.78, 5) is 27.3. The Bertz CT molecular complexity index is 812. The highest BCUT2D eigenvalue weighted by atomic mass is 16.2. The van der Waals surface area contributed by atoms with E-state index in [1.807, 2.05) is 43.0 Å². The Labute approximate surface area is 167 Å². The van der Waals surface area contributed by atoms with E-state index in [-0.39, 0.29) is 24.4 Å². The molecule has 2 atom stereocenters. The highest BCUT2D eigenvalue weighted by Crippen LogP contribution is 2.33. The fourth-order valence-electron chi connectivity index (χ4n) is 4.42. The smallest absolute Gasteiger partial charge is 0.251 e. The lowest BCUT2D eigenvalue weighted by Crippen LogP contribution is -2.44. The molecule has 1 N–H and O–H groups in total. The van der Waals surface area contributed by atoms with Crippen molar-refractivity contribution in [2.24, 2.45) is 0 Å². The Morgan fingerprint density at radius 2 is 1.79 bits per heavy atom. The minimum Gasteiger partial charge on any atom is -0.343 e. The van der Waals surface area contributed by atoms with E-state index in [1.165, 1.54) is 5.56 Å². The van der Waals surface area contributed by atoms with E-state index in [2.05, 4.69) is 36.5 Å². The SMILES string of the molecule is CCC(c1ccccc1)C1CCCN1C(=O)CNC(=O)c1cc(C)cc(C)c1. The Balaban J connectivity index is 1.65. The third-order valence-corrected chi connectivity index (χ3v) is 5.64. The van der Waals surface area contributed by atoms with Crippen LogP contribution in [0.2, 0.25) is 0 Å². The molecular weight excluding hydrogens is 348 g/mol. The lowest BCUT2D eigenvalue weighted by atomic mass is 9.87. The molecule has 0 aliphatic carbocycles. The highest BCUT2D eigenvalue weighted by molar-refractivity contribution is 5.96. The van der Waals surface area contributed by atoms with Gasteiger partial charge in [-0.1, -0.05) is 54.4 Å². The van der Waals surface area contributed by atoms with Crippen LogP contribution in [0.1, 0.15) is 59.2 Å². The normalized spacial score (nSPS) is 17.4. The Morgan fingerprint density at radius 1 is 1.11 bits per heavy atom. The molecule has 1 saturated heterocycles. The summed E-state index contributed by atoms with van der Waals surface area (Å²) in [6.45, 7) is 6.94. The first-order valence-electron chi connectivity index (χ1n) is 10.2. The number of hydrogen-bond acceptors (Lipinski definition) is 2. The minimum absolute atomic E-state index is 0.00889. The summed E-state index contributed by atoms with van der Waals surface area (Å²) in [6.07, 6.45) is 3.03. The second-order valence-corrected chi connectivity index (χ2v) is 7.78. The Kier molecular flexibility index (Phi) is 6.50. The summed E-state index contributed by atoms with van der Waals surface area (Å²) in [5, 5.41) is 2.82. The summed E-state index contributed by atoms with van der Waals surface area (Å²) in [5.74, 6) is 0.156. The van der Waals surface area contributed by atoms with Crippen LogP contribution in [0.4, 0.5) is 0 Å². The number of aryl methyl sites for hydroxylation is 2. The molecule has 0 spiro atoms. The first-order chi connectivity index (χ1) is 13.5. The standard InChI is InChI=1S/C24H30N2O2/c1-4-21(19-9-6-5-7-10-19)22-11-8-12-26(22)23(27)16-25-24(28)20-14-17(2)13-18(3)15-20/h5-7,9-10,13-15,21-22H,4,8,11-12,16H2,1-3H3,(H,25,28). The number of benzene rings is 2. The zero-order chi connectivity index (χ0) is 20.1. The van der Waals surface area contributed by atoms with Crippen LogP contribution in [0.3, 0.4) is 0 Å². The van der Waals surface area contributed by atoms with Gasteiger partial charge in [0, 0.05) is 24.1 Å². The molecule has 2 amide bonds. The third kappa shape index (κ3) is 4.61. The van der Waals surface area contributed by atoms with Crippen LogP contribution in [-0.2, 0) is 4.79 Å². The molecule has 1 aliphatic heterocycles. The van der Waals surface area contributed by atoms with Gasteiger partial charge in [0.25, 0.3) is 5.91 Å². The predicted octanol–water partition coefficient (Wildman–Crippen LogP) is 4.22. The van der Waals surface area contributed by atoms with Crippen molar-refractivity contribution in [1.82, 2.24) is 10.2 Å². The molecule has 2 aromatic rings. The monoisotopic (exact) mass is 378 g/mol. The van der Waals surface area contributed by atoms with Crippen molar-refractivity contribution in [2.75, 3.05) is 13.1 Å². The molecule has 1 aliphatic rings. The Hall–Kier alpha value is -2.62. The fraction of sp³-hybridized carbons (Fsp3) is 0.417. The predicted molar refractivity (Wildman–Crippen MR) is 112 cm³/mol. The lowest BCUT2D eigenvalue weighted by Gasteiger charge is -2.31. The number of nitrogens with zero attached hydrogens (tertiary/aromatic N) is 1. The zero-order valence-electron chi connectivity index (χ0n) is 17.1. The highest BCUT2D eigenvalue weighted by Gasteiger charge is 2.34. The van der Waals surface area contributed by atoms with E-state index in [0.717, 1.165) is 36.9 Å². The molecule has 2 unspecified atom stereocenters. The number of rotatable bonds is 6. The van der Waals surface area contributed by atoms with Crippen molar-refractivity contribution in [2.45, 2.75) is 52.0 Å². The molecule has 148 valence electrons. The number of amides is 2. The average molecular weight is 379 g/mol. The largest absolute Gasteiger partial charge is 0.343 e. The molecule has 4 heteroatoms. The molecular formula is C24H30N2O2. The van der Waals surface area contributed by atoms with Gasteiger partial charge in [-0.05, 0) is 50.8 Å². The van der Waals surface area contributed by atoms with Crippen molar-refractivity contribution in [1.29, 1.82) is 0 Å². The second-order valence-electron chi connectivity index (χ2n) is 7.78. The van der Waals surface area contributed by atoms with Gasteiger partial charge in [0.1, 0.15) is 0 Å². The van der Waals surface area contributed by atoms with Gasteiger partial charge in [-0.25, -0.2) is 0 Å². The number of carbonyl (C=O) groups excluding carboxylic acids is 2. The second kappa shape index (κ2) is 9.05. The van der Waals surface area contributed by atoms with Crippen molar-refractivity contribution >= 4 is 11.8 Å². The van der Waals surface area contributed by atoms with E-state index in [1.54, 1.807) is 0 Å². The molecule has 2 aromatic carbocycles. The van der Waals surface area contributed by atoms with Gasteiger partial charge in [0.05, 0.1) is 6.54 Å². The number of carbonyl (C=O) groups is 2. The summed E-state index contributed by atoms with van der Waals surface area (Å²) in [6, 6.07) is 16.4. The number of hydrogen-bond donors (Lipinski definition) is 1. The lowest BCUT2D eigenvalue weighted by molar-refractivity contribution is -0.131. The summed E-state index contributed by atoms with van der Waals surface area (Å²) in [5.41, 5.74) is 3.99. The van der Waals surface area contributed by atoms with Gasteiger partial charge in [0.15, 0.2) is 0 Å². The molecule has 3 rings (SSSR count). The molecule has 4 nitrogen and oxygen atoms in total. The van der Waals surface area contributed by atoms with Gasteiger partial charge in [-0.2, -0.15) is 0 Å². The van der Waals surface area contributed by atoms with E-state index in [4.69, 9.17) is 0 Å². The van der Waals surface area contributed by atoms with Crippen LogP contribution in [0.5, 0.6) is 0 Å². The van der Waals surface area contributed by atoms with Crippen molar-refractivity contribution in [3.63, 3.8) is 0 Å². The molecule has 28 heavy (non-hydrogen) atoms. The van der Waals surface area contributed by atoms with E-state index >= 15 is 0 Å². The maximum absolute atomic E-state index is 12.9. The van der Waals surface area contributed by atoms with Crippen molar-refractivity contribution in [3.8, 4) is 0 Å². The van der Waals surface area contributed by atoms with E-state index in [0.29, 0.717) is 11.5 Å². The van der Waals surface area contributed by atoms with Crippen LogP contribution in [0, 0.1) is 13.8 Å². The maximum Gasteiger partial charge on any atom is 0.251 e. The Morgan fingerprint density at radius 3 is 2.43 bits per heavy atom. The molecule has 1 fully saturated rings. The van der Waals surface area contributed by atoms with E-state index < -0.39 is 0 Å². The maximum atomic E-state index is 12.9. The molecule has 0 bridgehead atoms. The molecule has 0 aromatic heterocycles. The quantitative estimate of drug-likeness (QED) is 0.818. The topological polar surface area (TPSA) is 49.4 Å². The molecule has 0 radical (unpaired) electrons. The van der Waals surface area contributed by atoms with Crippen LogP contribution in [0.25, 0.3) is 0 Å². The summed E-state index contributed by atoms with van der Waals surface area (Å²) >= 11 is 0. The van der Waals surface area contributed by atoms with E-state index in [9.17, 15) is 9.59 Å². The third-order valence-electron chi connectivity index (χ3n) is 5.64. The van der Waals surface area contributed by atoms with Crippen molar-refractivity contribution < 1.29 is 9.59 Å². The zero-order valence-corrected chi connectivity index (χ0v) is 17.1. The van der Waals surface area contributed by atoms with Gasteiger partial charge < -0.3 is 10.2 Å². The van der Waals surface area contributed by atoms with Gasteiger partial charge >= 0.3 is 0 Å². The average Bonchev–Trinajstić information content (AvgIpc) is 3.16. The van der Waals surface area contributed by atoms with Crippen molar-refractivity contribution in [3.05, 3.63) is 70.8 Å². The van der Waals surface area contributed by atoms with Gasteiger partial charge in [-0.3, -0.25) is 9.59 Å². The first-order valence-corrected chi connectivity index (χ1v) is 10.2. The van der Waals surface area contributed by atoms with Gasteiger partial charge in [0.2, 0.25) is 5.91 Å². The number of likely N-dealkylation sites (tertiary alicyclic amines) is 1. The first kappa shape index (κ1) is 20.1. The van der Waals surface area contributed by atoms with Gasteiger partial charge in [-0.15, -0.1) is 0 Å². The van der Waals surface area contributed by atoms with Crippen LogP contribution < -0.4 is 5.32 Å². The number of nitrogens with one attached hydrogen (secondary N) is 1. The fourth-order valence-corrected chi connectivity index (χ4v) is 4.42. The van der Waals surface area contributed by atoms with Crippen LogP contribution in [-0.4, -0.2) is 35.8 Å². The van der Waals surface area contributed by atoms with Crippen LogP contribution in [0.15, 0.2) is 48.5 Å². The van der Waals surface area contributed by atoms with Crippen LogP contribution >= 0.6 is 0 Å². The minimum atomic E-state index is -0.189. The molecule has 0 saturated carbocycles. The summed E-state index contributed by atoms with van der Waals surface area (Å²) < 4.78 is 0.